The molecular formula is C21H16ClN3S. The van der Waals surface area contributed by atoms with E-state index in [2.05, 4.69) is 26.9 Å². The van der Waals surface area contributed by atoms with Gasteiger partial charge in [-0.3, -0.25) is 4.57 Å². The minimum absolute atomic E-state index is 0.736. The highest BCUT2D eigenvalue weighted by atomic mass is 35.5. The Balaban J connectivity index is 1.73. The fourth-order valence-electron chi connectivity index (χ4n) is 2.71. The van der Waals surface area contributed by atoms with Crippen molar-refractivity contribution in [3.8, 4) is 17.1 Å². The van der Waals surface area contributed by atoms with Gasteiger partial charge in [-0.1, -0.05) is 90.1 Å². The van der Waals surface area contributed by atoms with Crippen molar-refractivity contribution in [1.82, 2.24) is 14.8 Å². The van der Waals surface area contributed by atoms with E-state index < -0.39 is 0 Å². The van der Waals surface area contributed by atoms with Crippen molar-refractivity contribution in [2.45, 2.75) is 10.9 Å². The molecule has 3 aromatic carbocycles. The molecule has 0 aliphatic heterocycles. The van der Waals surface area contributed by atoms with E-state index in [0.29, 0.717) is 0 Å². The Morgan fingerprint density at radius 1 is 0.769 bits per heavy atom. The first-order valence-corrected chi connectivity index (χ1v) is 9.62. The molecule has 1 heterocycles. The first-order chi connectivity index (χ1) is 12.8. The number of benzene rings is 3. The van der Waals surface area contributed by atoms with Crippen LogP contribution in [-0.4, -0.2) is 14.8 Å². The molecule has 26 heavy (non-hydrogen) atoms. The summed E-state index contributed by atoms with van der Waals surface area (Å²) in [6, 6.07) is 28.2. The van der Waals surface area contributed by atoms with E-state index in [1.807, 2.05) is 72.8 Å². The lowest BCUT2D eigenvalue weighted by atomic mass is 10.2. The summed E-state index contributed by atoms with van der Waals surface area (Å²) in [7, 11) is 0. The first kappa shape index (κ1) is 16.9. The molecule has 0 aliphatic carbocycles. The molecule has 0 atom stereocenters. The Morgan fingerprint density at radius 2 is 1.42 bits per heavy atom. The van der Waals surface area contributed by atoms with Crippen molar-refractivity contribution in [2.75, 3.05) is 0 Å². The molecule has 1 aromatic heterocycles. The third kappa shape index (κ3) is 3.52. The van der Waals surface area contributed by atoms with Gasteiger partial charge in [0.25, 0.3) is 0 Å². The van der Waals surface area contributed by atoms with Gasteiger partial charge in [0, 0.05) is 22.0 Å². The highest BCUT2D eigenvalue weighted by Crippen LogP contribution is 2.31. The van der Waals surface area contributed by atoms with E-state index in [-0.39, 0.29) is 0 Å². The van der Waals surface area contributed by atoms with Crippen molar-refractivity contribution in [3.05, 3.63) is 95.5 Å². The highest BCUT2D eigenvalue weighted by Gasteiger charge is 2.16. The number of halogens is 1. The Kier molecular flexibility index (Phi) is 5.04. The maximum atomic E-state index is 6.29. The van der Waals surface area contributed by atoms with Gasteiger partial charge >= 0.3 is 0 Å². The van der Waals surface area contributed by atoms with Gasteiger partial charge in [0.15, 0.2) is 11.0 Å². The van der Waals surface area contributed by atoms with Gasteiger partial charge in [-0.05, 0) is 23.8 Å². The Bertz CT molecular complexity index is 1000. The molecule has 0 radical (unpaired) electrons. The third-order valence-electron chi connectivity index (χ3n) is 3.99. The third-order valence-corrected chi connectivity index (χ3v) is 5.34. The zero-order valence-corrected chi connectivity index (χ0v) is 15.5. The van der Waals surface area contributed by atoms with Gasteiger partial charge in [0.2, 0.25) is 0 Å². The number of para-hydroxylation sites is 1. The number of hydrogen-bond donors (Lipinski definition) is 0. The fraction of sp³-hybridized carbons (Fsp3) is 0.0476. The molecule has 4 rings (SSSR count). The molecule has 0 saturated heterocycles. The van der Waals surface area contributed by atoms with E-state index in [4.69, 9.17) is 11.6 Å². The molecular weight excluding hydrogens is 362 g/mol. The summed E-state index contributed by atoms with van der Waals surface area (Å²) in [5, 5.41) is 10.5. The van der Waals surface area contributed by atoms with Crippen LogP contribution in [0.4, 0.5) is 0 Å². The molecule has 3 nitrogen and oxygen atoms in total. The quantitative estimate of drug-likeness (QED) is 0.407. The molecule has 0 fully saturated rings. The molecule has 0 unspecified atom stereocenters. The van der Waals surface area contributed by atoms with Gasteiger partial charge in [-0.25, -0.2) is 0 Å². The SMILES string of the molecule is Clc1ccccc1CSc1nnc(-c2ccccc2)n1-c1ccccc1. The number of hydrogen-bond acceptors (Lipinski definition) is 3. The van der Waals surface area contributed by atoms with E-state index >= 15 is 0 Å². The van der Waals surface area contributed by atoms with Crippen LogP contribution in [0.3, 0.4) is 0 Å². The molecule has 4 aromatic rings. The summed E-state index contributed by atoms with van der Waals surface area (Å²) in [6.45, 7) is 0. The van der Waals surface area contributed by atoms with Crippen molar-refractivity contribution in [3.63, 3.8) is 0 Å². The predicted molar refractivity (Wildman–Crippen MR) is 108 cm³/mol. The predicted octanol–water partition coefficient (Wildman–Crippen LogP) is 5.88. The first-order valence-electron chi connectivity index (χ1n) is 8.25. The Morgan fingerprint density at radius 3 is 2.15 bits per heavy atom. The van der Waals surface area contributed by atoms with Gasteiger partial charge in [-0.15, -0.1) is 10.2 Å². The largest absolute Gasteiger partial charge is 0.270 e. The molecule has 0 aliphatic rings. The molecule has 128 valence electrons. The van der Waals surface area contributed by atoms with Crippen molar-refractivity contribution >= 4 is 23.4 Å². The summed E-state index contributed by atoms with van der Waals surface area (Å²) in [5.74, 6) is 1.57. The summed E-state index contributed by atoms with van der Waals surface area (Å²) in [6.07, 6.45) is 0. The molecule has 0 spiro atoms. The molecule has 0 saturated carbocycles. The second-order valence-corrected chi connectivity index (χ2v) is 7.07. The van der Waals surface area contributed by atoms with Crippen molar-refractivity contribution in [1.29, 1.82) is 0 Å². The molecule has 5 heteroatoms. The van der Waals surface area contributed by atoms with Gasteiger partial charge in [0.05, 0.1) is 0 Å². The highest BCUT2D eigenvalue weighted by molar-refractivity contribution is 7.98. The summed E-state index contributed by atoms with van der Waals surface area (Å²) in [5.41, 5.74) is 3.16. The van der Waals surface area contributed by atoms with Crippen LogP contribution in [0.2, 0.25) is 5.02 Å². The van der Waals surface area contributed by atoms with Crippen molar-refractivity contribution < 1.29 is 0 Å². The minimum Gasteiger partial charge on any atom is -0.270 e. The standard InChI is InChI=1S/C21H16ClN3S/c22-19-14-8-7-11-17(19)15-26-21-24-23-20(16-9-3-1-4-10-16)25(21)18-12-5-2-6-13-18/h1-14H,15H2. The second-order valence-electron chi connectivity index (χ2n) is 5.72. The smallest absolute Gasteiger partial charge is 0.196 e. The van der Waals surface area contributed by atoms with Crippen LogP contribution in [-0.2, 0) is 5.75 Å². The fourth-order valence-corrected chi connectivity index (χ4v) is 3.94. The number of thioether (sulfide) groups is 1. The van der Waals surface area contributed by atoms with E-state index in [9.17, 15) is 0 Å². The average molecular weight is 378 g/mol. The number of nitrogens with zero attached hydrogens (tertiary/aromatic N) is 3. The lowest BCUT2D eigenvalue weighted by molar-refractivity contribution is 0.886. The van der Waals surface area contributed by atoms with Gasteiger partial charge in [-0.2, -0.15) is 0 Å². The monoisotopic (exact) mass is 377 g/mol. The van der Waals surface area contributed by atoms with Crippen molar-refractivity contribution in [2.24, 2.45) is 0 Å². The van der Waals surface area contributed by atoms with Crippen LogP contribution >= 0.6 is 23.4 Å². The van der Waals surface area contributed by atoms with E-state index in [0.717, 1.165) is 38.6 Å². The molecule has 0 amide bonds. The summed E-state index contributed by atoms with van der Waals surface area (Å²) in [4.78, 5) is 0. The van der Waals surface area contributed by atoms with Crippen LogP contribution in [0.25, 0.3) is 17.1 Å². The van der Waals surface area contributed by atoms with Crippen LogP contribution < -0.4 is 0 Å². The lowest BCUT2D eigenvalue weighted by Crippen LogP contribution is -1.99. The maximum absolute atomic E-state index is 6.29. The maximum Gasteiger partial charge on any atom is 0.196 e. The van der Waals surface area contributed by atoms with E-state index in [1.165, 1.54) is 0 Å². The molecule has 0 bridgehead atoms. The summed E-state index contributed by atoms with van der Waals surface area (Å²) >= 11 is 7.92. The topological polar surface area (TPSA) is 30.7 Å². The molecule has 0 N–H and O–H groups in total. The summed E-state index contributed by atoms with van der Waals surface area (Å²) < 4.78 is 2.09. The van der Waals surface area contributed by atoms with Crippen LogP contribution in [0, 0.1) is 0 Å². The number of aromatic nitrogens is 3. The van der Waals surface area contributed by atoms with Gasteiger partial charge in [0.1, 0.15) is 0 Å². The number of rotatable bonds is 5. The average Bonchev–Trinajstić information content (AvgIpc) is 3.13. The van der Waals surface area contributed by atoms with Gasteiger partial charge < -0.3 is 0 Å². The minimum atomic E-state index is 0.736. The second kappa shape index (κ2) is 7.77. The van der Waals surface area contributed by atoms with Crippen LogP contribution in [0.15, 0.2) is 90.1 Å². The Hall–Kier alpha value is -2.56. The van der Waals surface area contributed by atoms with Crippen LogP contribution in [0.5, 0.6) is 0 Å². The zero-order chi connectivity index (χ0) is 17.8. The lowest BCUT2D eigenvalue weighted by Gasteiger charge is -2.10. The van der Waals surface area contributed by atoms with E-state index in [1.54, 1.807) is 11.8 Å². The van der Waals surface area contributed by atoms with Crippen LogP contribution in [0.1, 0.15) is 5.56 Å². The normalized spacial score (nSPS) is 10.8. The zero-order valence-electron chi connectivity index (χ0n) is 13.9. The Labute approximate surface area is 161 Å².